The van der Waals surface area contributed by atoms with E-state index in [9.17, 15) is 18.0 Å². The number of carbonyl (C=O) groups excluding carboxylic acids is 1. The van der Waals surface area contributed by atoms with Gasteiger partial charge in [0, 0.05) is 24.3 Å². The second kappa shape index (κ2) is 9.10. The van der Waals surface area contributed by atoms with Crippen LogP contribution in [0.4, 0.5) is 10.5 Å². The number of amides is 2. The molecule has 5 N–H and O–H groups in total. The summed E-state index contributed by atoms with van der Waals surface area (Å²) in [6.45, 7) is 6.17. The van der Waals surface area contributed by atoms with Crippen LogP contribution in [-0.4, -0.2) is 55.1 Å². The summed E-state index contributed by atoms with van der Waals surface area (Å²) in [6.07, 6.45) is 0.913. The molecule has 1 atom stereocenters. The number of hydrogen-bond acceptors (Lipinski definition) is 5. The van der Waals surface area contributed by atoms with Gasteiger partial charge in [-0.15, -0.1) is 0 Å². The van der Waals surface area contributed by atoms with Gasteiger partial charge < -0.3 is 21.1 Å². The zero-order chi connectivity index (χ0) is 21.8. The number of hydrogen-bond donors (Lipinski definition) is 4. The van der Waals surface area contributed by atoms with Crippen molar-refractivity contribution in [1.29, 1.82) is 0 Å². The Labute approximate surface area is 171 Å². The largest absolute Gasteiger partial charge is 0.465 e. The van der Waals surface area contributed by atoms with Crippen LogP contribution in [0.2, 0.25) is 0 Å². The van der Waals surface area contributed by atoms with E-state index >= 15 is 0 Å². The van der Waals surface area contributed by atoms with Crippen molar-refractivity contribution in [2.75, 3.05) is 18.4 Å². The average Bonchev–Trinajstić information content (AvgIpc) is 2.60. The zero-order valence-electron chi connectivity index (χ0n) is 17.0. The number of rotatable bonds is 6. The molecule has 1 aromatic carbocycles. The molecule has 0 saturated carbocycles. The Morgan fingerprint density at radius 2 is 1.76 bits per heavy atom. The van der Waals surface area contributed by atoms with E-state index in [0.29, 0.717) is 38.0 Å². The molecular formula is C19H30N4O5S. The fraction of sp³-hybridized carbons (Fsp3) is 0.579. The van der Waals surface area contributed by atoms with E-state index in [4.69, 9.17) is 10.8 Å². The number of carboxylic acid groups (broad SMARTS) is 1. The van der Waals surface area contributed by atoms with Gasteiger partial charge in [0.05, 0.1) is 10.9 Å². The molecule has 0 spiro atoms. The van der Waals surface area contributed by atoms with Crippen LogP contribution >= 0.6 is 0 Å². The molecule has 162 valence electrons. The van der Waals surface area contributed by atoms with Crippen molar-refractivity contribution in [2.45, 2.75) is 56.5 Å². The minimum Gasteiger partial charge on any atom is -0.465 e. The molecule has 2 amide bonds. The molecule has 0 aliphatic carbocycles. The summed E-state index contributed by atoms with van der Waals surface area (Å²) in [4.78, 5) is 24.8. The molecule has 1 fully saturated rings. The van der Waals surface area contributed by atoms with Crippen LogP contribution in [0.1, 0.15) is 40.0 Å². The molecule has 1 aromatic rings. The Bertz CT molecular complexity index is 825. The van der Waals surface area contributed by atoms with Crippen molar-refractivity contribution in [2.24, 2.45) is 11.7 Å². The van der Waals surface area contributed by atoms with Crippen molar-refractivity contribution < 1.29 is 23.1 Å². The average molecular weight is 427 g/mol. The van der Waals surface area contributed by atoms with Gasteiger partial charge in [0.2, 0.25) is 15.9 Å². The van der Waals surface area contributed by atoms with Crippen molar-refractivity contribution in [3.63, 3.8) is 0 Å². The van der Waals surface area contributed by atoms with Gasteiger partial charge in [-0.25, -0.2) is 17.9 Å². The fourth-order valence-electron chi connectivity index (χ4n) is 3.24. The predicted molar refractivity (Wildman–Crippen MR) is 110 cm³/mol. The number of carbonyl (C=O) groups is 2. The summed E-state index contributed by atoms with van der Waals surface area (Å²) >= 11 is 0. The molecule has 1 aliphatic heterocycles. The molecule has 29 heavy (non-hydrogen) atoms. The van der Waals surface area contributed by atoms with Crippen LogP contribution in [0.15, 0.2) is 29.2 Å². The number of nitrogens with one attached hydrogen (secondary N) is 2. The second-order valence-corrected chi connectivity index (χ2v) is 10.1. The first-order valence-electron chi connectivity index (χ1n) is 9.56. The van der Waals surface area contributed by atoms with Crippen LogP contribution in [-0.2, 0) is 14.8 Å². The Hall–Kier alpha value is -2.17. The Morgan fingerprint density at radius 1 is 1.21 bits per heavy atom. The van der Waals surface area contributed by atoms with Gasteiger partial charge in [-0.2, -0.15) is 0 Å². The quantitative estimate of drug-likeness (QED) is 0.546. The minimum absolute atomic E-state index is 0.111. The first-order valence-corrected chi connectivity index (χ1v) is 11.0. The topological polar surface area (TPSA) is 142 Å². The summed E-state index contributed by atoms with van der Waals surface area (Å²) in [6, 6.07) is 5.18. The normalized spacial score (nSPS) is 17.0. The second-order valence-electron chi connectivity index (χ2n) is 8.42. The maximum atomic E-state index is 12.4. The third-order valence-corrected chi connectivity index (χ3v) is 6.46. The summed E-state index contributed by atoms with van der Waals surface area (Å²) < 4.78 is 27.2. The fourth-order valence-corrected chi connectivity index (χ4v) is 4.66. The maximum Gasteiger partial charge on any atom is 0.407 e. The number of benzene rings is 1. The number of nitrogens with two attached hydrogens (primary N) is 1. The number of likely N-dealkylation sites (tertiary alicyclic amines) is 1. The number of piperidine rings is 1. The van der Waals surface area contributed by atoms with Gasteiger partial charge in [-0.3, -0.25) is 4.79 Å². The van der Waals surface area contributed by atoms with Gasteiger partial charge in [0.15, 0.2) is 0 Å². The van der Waals surface area contributed by atoms with Crippen molar-refractivity contribution in [1.82, 2.24) is 9.62 Å². The molecule has 1 saturated heterocycles. The van der Waals surface area contributed by atoms with E-state index in [1.807, 2.05) is 0 Å². The Kier molecular flexibility index (Phi) is 7.25. The first-order chi connectivity index (χ1) is 13.4. The van der Waals surface area contributed by atoms with E-state index in [0.717, 1.165) is 0 Å². The minimum atomic E-state index is -3.64. The van der Waals surface area contributed by atoms with E-state index in [1.165, 1.54) is 29.2 Å². The highest BCUT2D eigenvalue weighted by Crippen LogP contribution is 2.22. The highest BCUT2D eigenvalue weighted by molar-refractivity contribution is 7.89. The van der Waals surface area contributed by atoms with Gasteiger partial charge in [-0.1, -0.05) is 0 Å². The lowest BCUT2D eigenvalue weighted by atomic mass is 9.90. The molecular weight excluding hydrogens is 396 g/mol. The van der Waals surface area contributed by atoms with Gasteiger partial charge in [-0.05, 0) is 70.2 Å². The summed E-state index contributed by atoms with van der Waals surface area (Å²) in [7, 11) is -3.64. The summed E-state index contributed by atoms with van der Waals surface area (Å²) in [5.74, 6) is -0.156. The van der Waals surface area contributed by atoms with Crippen molar-refractivity contribution >= 4 is 27.7 Å². The van der Waals surface area contributed by atoms with Crippen LogP contribution < -0.4 is 15.8 Å². The van der Waals surface area contributed by atoms with Crippen molar-refractivity contribution in [3.8, 4) is 0 Å². The zero-order valence-corrected chi connectivity index (χ0v) is 17.8. The molecule has 2 rings (SSSR count). The first kappa shape index (κ1) is 23.1. The standard InChI is InChI=1S/C19H30N4O5S/c1-19(2,3)22-29(27,28)15-6-4-14(5-7-15)21-17(24)16(20)12-13-8-10-23(11-9-13)18(25)26/h4-7,13,16,22H,8-12,20H2,1-3H3,(H,21,24)(H,25,26). The molecule has 0 bridgehead atoms. The molecule has 10 heteroatoms. The monoisotopic (exact) mass is 426 g/mol. The molecule has 0 aromatic heterocycles. The highest BCUT2D eigenvalue weighted by Gasteiger charge is 2.26. The lowest BCUT2D eigenvalue weighted by Gasteiger charge is -2.31. The van der Waals surface area contributed by atoms with E-state index in [1.54, 1.807) is 20.8 Å². The van der Waals surface area contributed by atoms with Crippen LogP contribution in [0.5, 0.6) is 0 Å². The van der Waals surface area contributed by atoms with E-state index in [2.05, 4.69) is 10.0 Å². The summed E-state index contributed by atoms with van der Waals surface area (Å²) in [5.41, 5.74) is 5.87. The van der Waals surface area contributed by atoms with Gasteiger partial charge in [0.25, 0.3) is 0 Å². The predicted octanol–water partition coefficient (Wildman–Crippen LogP) is 1.81. The molecule has 1 aliphatic rings. The SMILES string of the molecule is CC(C)(C)NS(=O)(=O)c1ccc(NC(=O)C(N)CC2CCN(C(=O)O)CC2)cc1. The third-order valence-electron chi connectivity index (χ3n) is 4.68. The van der Waals surface area contributed by atoms with Gasteiger partial charge >= 0.3 is 6.09 Å². The number of nitrogens with zero attached hydrogens (tertiary/aromatic N) is 1. The Morgan fingerprint density at radius 3 is 2.24 bits per heavy atom. The maximum absolute atomic E-state index is 12.4. The smallest absolute Gasteiger partial charge is 0.407 e. The molecule has 1 unspecified atom stereocenters. The third kappa shape index (κ3) is 6.98. The molecule has 0 radical (unpaired) electrons. The van der Waals surface area contributed by atoms with Gasteiger partial charge in [0.1, 0.15) is 0 Å². The van der Waals surface area contributed by atoms with Crippen LogP contribution in [0, 0.1) is 5.92 Å². The van der Waals surface area contributed by atoms with E-state index in [-0.39, 0.29) is 16.7 Å². The van der Waals surface area contributed by atoms with E-state index < -0.39 is 27.7 Å². The lowest BCUT2D eigenvalue weighted by molar-refractivity contribution is -0.117. The van der Waals surface area contributed by atoms with Crippen LogP contribution in [0.3, 0.4) is 0 Å². The highest BCUT2D eigenvalue weighted by atomic mass is 32.2. The Balaban J connectivity index is 1.89. The lowest BCUT2D eigenvalue weighted by Crippen LogP contribution is -2.42. The van der Waals surface area contributed by atoms with Crippen LogP contribution in [0.25, 0.3) is 0 Å². The molecule has 1 heterocycles. The van der Waals surface area contributed by atoms with Crippen molar-refractivity contribution in [3.05, 3.63) is 24.3 Å². The number of sulfonamides is 1. The number of anilines is 1. The summed E-state index contributed by atoms with van der Waals surface area (Å²) in [5, 5.41) is 11.7. The molecule has 9 nitrogen and oxygen atoms in total.